The van der Waals surface area contributed by atoms with Gasteiger partial charge >= 0.3 is 0 Å². The lowest BCUT2D eigenvalue weighted by atomic mass is 10.4. The normalized spacial score (nSPS) is 11.6. The van der Waals surface area contributed by atoms with Gasteiger partial charge in [-0.1, -0.05) is 5.16 Å². The molecule has 0 aliphatic heterocycles. The minimum absolute atomic E-state index is 0.638. The molecule has 2 aromatic rings. The Labute approximate surface area is 130 Å². The maximum atomic E-state index is 5.07. The standard InChI is InChI=1S/C14H23N7O/c1-3-15-14(16-7-4-10-21-11-5-8-18-21)17-9-6-13-19-12(2)20-22-13/h5,8,11H,3-4,6-7,9-10H2,1-2H3,(H2,15,16,17). The molecule has 8 nitrogen and oxygen atoms in total. The van der Waals surface area contributed by atoms with Crippen molar-refractivity contribution in [3.63, 3.8) is 0 Å². The van der Waals surface area contributed by atoms with E-state index in [1.807, 2.05) is 30.8 Å². The molecule has 0 amide bonds. The molecule has 0 atom stereocenters. The van der Waals surface area contributed by atoms with E-state index in [2.05, 4.69) is 30.9 Å². The summed E-state index contributed by atoms with van der Waals surface area (Å²) in [5, 5.41) is 14.4. The summed E-state index contributed by atoms with van der Waals surface area (Å²) < 4.78 is 6.99. The molecule has 0 aromatic carbocycles. The van der Waals surface area contributed by atoms with Gasteiger partial charge in [0, 0.05) is 45.0 Å². The Balaban J connectivity index is 1.69. The lowest BCUT2D eigenvalue weighted by Crippen LogP contribution is -2.38. The van der Waals surface area contributed by atoms with Crippen LogP contribution in [-0.2, 0) is 13.0 Å². The van der Waals surface area contributed by atoms with Gasteiger partial charge in [-0.05, 0) is 26.3 Å². The minimum atomic E-state index is 0.638. The van der Waals surface area contributed by atoms with Crippen molar-refractivity contribution in [2.24, 2.45) is 4.99 Å². The predicted octanol–water partition coefficient (Wildman–Crippen LogP) is 0.762. The first kappa shape index (κ1) is 16.0. The number of rotatable bonds is 8. The molecule has 120 valence electrons. The highest BCUT2D eigenvalue weighted by molar-refractivity contribution is 5.79. The zero-order valence-electron chi connectivity index (χ0n) is 13.1. The Bertz CT molecular complexity index is 562. The van der Waals surface area contributed by atoms with Gasteiger partial charge in [0.25, 0.3) is 0 Å². The first-order chi connectivity index (χ1) is 10.8. The van der Waals surface area contributed by atoms with Gasteiger partial charge < -0.3 is 15.2 Å². The van der Waals surface area contributed by atoms with Crippen molar-refractivity contribution < 1.29 is 4.52 Å². The highest BCUT2D eigenvalue weighted by Crippen LogP contribution is 1.95. The quantitative estimate of drug-likeness (QED) is 0.425. The molecule has 0 unspecified atom stereocenters. The van der Waals surface area contributed by atoms with E-state index in [1.165, 1.54) is 0 Å². The summed E-state index contributed by atoms with van der Waals surface area (Å²) in [5.41, 5.74) is 0. The first-order valence-corrected chi connectivity index (χ1v) is 7.56. The van der Waals surface area contributed by atoms with Crippen LogP contribution in [-0.4, -0.2) is 45.5 Å². The molecule has 0 aliphatic rings. The van der Waals surface area contributed by atoms with Crippen LogP contribution in [0.2, 0.25) is 0 Å². The van der Waals surface area contributed by atoms with Crippen molar-refractivity contribution in [2.75, 3.05) is 19.6 Å². The second kappa shape index (κ2) is 8.81. The molecule has 0 saturated heterocycles. The Morgan fingerprint density at radius 3 is 3.00 bits per heavy atom. The van der Waals surface area contributed by atoms with Gasteiger partial charge in [0.1, 0.15) is 0 Å². The third-order valence-electron chi connectivity index (χ3n) is 2.92. The number of aliphatic imine (C=N–C) groups is 1. The van der Waals surface area contributed by atoms with Crippen molar-refractivity contribution in [3.05, 3.63) is 30.2 Å². The zero-order valence-corrected chi connectivity index (χ0v) is 13.1. The first-order valence-electron chi connectivity index (χ1n) is 7.56. The summed E-state index contributed by atoms with van der Waals surface area (Å²) >= 11 is 0. The van der Waals surface area contributed by atoms with Crippen LogP contribution >= 0.6 is 0 Å². The van der Waals surface area contributed by atoms with Crippen LogP contribution in [0.1, 0.15) is 25.1 Å². The van der Waals surface area contributed by atoms with Gasteiger partial charge in [-0.2, -0.15) is 10.1 Å². The van der Waals surface area contributed by atoms with Crippen LogP contribution < -0.4 is 10.6 Å². The van der Waals surface area contributed by atoms with Crippen LogP contribution in [0, 0.1) is 6.92 Å². The van der Waals surface area contributed by atoms with Gasteiger partial charge in [-0.25, -0.2) is 0 Å². The largest absolute Gasteiger partial charge is 0.357 e. The summed E-state index contributed by atoms with van der Waals surface area (Å²) in [4.78, 5) is 8.71. The van der Waals surface area contributed by atoms with Crippen LogP contribution in [0.5, 0.6) is 0 Å². The smallest absolute Gasteiger partial charge is 0.228 e. The average Bonchev–Trinajstić information content (AvgIpc) is 3.15. The van der Waals surface area contributed by atoms with E-state index >= 15 is 0 Å². The van der Waals surface area contributed by atoms with Crippen molar-refractivity contribution in [1.82, 2.24) is 30.6 Å². The molecule has 0 bridgehead atoms. The average molecular weight is 305 g/mol. The molecule has 2 N–H and O–H groups in total. The van der Waals surface area contributed by atoms with Crippen molar-refractivity contribution in [3.8, 4) is 0 Å². The minimum Gasteiger partial charge on any atom is -0.357 e. The van der Waals surface area contributed by atoms with Crippen LogP contribution in [0.4, 0.5) is 0 Å². The molecular formula is C14H23N7O. The molecule has 0 saturated carbocycles. The highest BCUT2D eigenvalue weighted by atomic mass is 16.5. The molecule has 0 aliphatic carbocycles. The number of aryl methyl sites for hydroxylation is 2. The fraction of sp³-hybridized carbons (Fsp3) is 0.571. The van der Waals surface area contributed by atoms with Gasteiger partial charge in [0.05, 0.1) is 0 Å². The second-order valence-electron chi connectivity index (χ2n) is 4.80. The Morgan fingerprint density at radius 2 is 2.32 bits per heavy atom. The zero-order chi connectivity index (χ0) is 15.6. The molecule has 8 heteroatoms. The van der Waals surface area contributed by atoms with E-state index in [0.29, 0.717) is 24.7 Å². The lowest BCUT2D eigenvalue weighted by molar-refractivity contribution is 0.374. The van der Waals surface area contributed by atoms with Gasteiger partial charge in [-0.3, -0.25) is 9.67 Å². The maximum absolute atomic E-state index is 5.07. The molecule has 2 rings (SSSR count). The lowest BCUT2D eigenvalue weighted by Gasteiger charge is -2.10. The maximum Gasteiger partial charge on any atom is 0.228 e. The monoisotopic (exact) mass is 305 g/mol. The topological polar surface area (TPSA) is 93.2 Å². The molecule has 2 heterocycles. The summed E-state index contributed by atoms with van der Waals surface area (Å²) in [6.07, 6.45) is 5.37. The molecule has 2 aromatic heterocycles. The Hall–Kier alpha value is -2.38. The second-order valence-corrected chi connectivity index (χ2v) is 4.80. The van der Waals surface area contributed by atoms with Crippen LogP contribution in [0.3, 0.4) is 0 Å². The van der Waals surface area contributed by atoms with E-state index in [4.69, 9.17) is 4.52 Å². The molecule has 0 radical (unpaired) electrons. The van der Waals surface area contributed by atoms with E-state index < -0.39 is 0 Å². The van der Waals surface area contributed by atoms with E-state index in [0.717, 1.165) is 32.0 Å². The summed E-state index contributed by atoms with van der Waals surface area (Å²) in [6, 6.07) is 1.92. The summed E-state index contributed by atoms with van der Waals surface area (Å²) in [6.45, 7) is 7.00. The number of aromatic nitrogens is 4. The van der Waals surface area contributed by atoms with E-state index in [-0.39, 0.29) is 0 Å². The molecular weight excluding hydrogens is 282 g/mol. The fourth-order valence-electron chi connectivity index (χ4n) is 1.93. The van der Waals surface area contributed by atoms with Gasteiger partial charge in [0.15, 0.2) is 11.8 Å². The predicted molar refractivity (Wildman–Crippen MR) is 83.6 cm³/mol. The third-order valence-corrected chi connectivity index (χ3v) is 2.92. The third kappa shape index (κ3) is 5.55. The van der Waals surface area contributed by atoms with Gasteiger partial charge in [-0.15, -0.1) is 0 Å². The van der Waals surface area contributed by atoms with Gasteiger partial charge in [0.2, 0.25) is 5.89 Å². The molecule has 0 spiro atoms. The number of hydrogen-bond acceptors (Lipinski definition) is 5. The molecule has 22 heavy (non-hydrogen) atoms. The number of nitrogens with zero attached hydrogens (tertiary/aromatic N) is 5. The van der Waals surface area contributed by atoms with E-state index in [1.54, 1.807) is 6.20 Å². The van der Waals surface area contributed by atoms with Crippen LogP contribution in [0.15, 0.2) is 28.0 Å². The SMILES string of the molecule is CCNC(=NCCCn1cccn1)NCCc1nc(C)no1. The highest BCUT2D eigenvalue weighted by Gasteiger charge is 2.03. The Morgan fingerprint density at radius 1 is 1.41 bits per heavy atom. The van der Waals surface area contributed by atoms with Crippen molar-refractivity contribution >= 4 is 5.96 Å². The van der Waals surface area contributed by atoms with Crippen molar-refractivity contribution in [2.45, 2.75) is 33.2 Å². The van der Waals surface area contributed by atoms with Crippen LogP contribution in [0.25, 0.3) is 0 Å². The fourth-order valence-corrected chi connectivity index (χ4v) is 1.93. The number of nitrogens with one attached hydrogen (secondary N) is 2. The number of guanidine groups is 1. The Kier molecular flexibility index (Phi) is 6.40. The summed E-state index contributed by atoms with van der Waals surface area (Å²) in [7, 11) is 0. The van der Waals surface area contributed by atoms with Crippen molar-refractivity contribution in [1.29, 1.82) is 0 Å². The molecule has 0 fully saturated rings. The van der Waals surface area contributed by atoms with E-state index in [9.17, 15) is 0 Å². The summed E-state index contributed by atoms with van der Waals surface area (Å²) in [5.74, 6) is 2.10. The number of hydrogen-bond donors (Lipinski definition) is 2.